The van der Waals surface area contributed by atoms with E-state index in [1.54, 1.807) is 0 Å². The normalized spacial score (nSPS) is 22.4. The Hall–Kier alpha value is -1.84. The van der Waals surface area contributed by atoms with Crippen LogP contribution in [0.5, 0.6) is 0 Å². The molecule has 130 valence electrons. The lowest BCUT2D eigenvalue weighted by atomic mass is 9.96. The molecule has 2 aliphatic rings. The molecule has 0 saturated carbocycles. The summed E-state index contributed by atoms with van der Waals surface area (Å²) in [6.07, 6.45) is 8.79. The highest BCUT2D eigenvalue weighted by atomic mass is 19.1. The Morgan fingerprint density at radius 2 is 2.00 bits per heavy atom. The van der Waals surface area contributed by atoms with Crippen molar-refractivity contribution in [1.29, 1.82) is 0 Å². The van der Waals surface area contributed by atoms with E-state index in [9.17, 15) is 9.18 Å². The Bertz CT molecular complexity index is 572. The van der Waals surface area contributed by atoms with Gasteiger partial charge in [0, 0.05) is 6.04 Å². The molecule has 0 aromatic heterocycles. The third kappa shape index (κ3) is 4.16. The van der Waals surface area contributed by atoms with E-state index in [0.29, 0.717) is 13.0 Å². The number of unbranched alkanes of at least 4 members (excludes halogenated alkanes) is 2. The van der Waals surface area contributed by atoms with Gasteiger partial charge in [-0.15, -0.1) is 0 Å². The number of carbonyl (C=O) groups is 1. The van der Waals surface area contributed by atoms with Crippen molar-refractivity contribution >= 4 is 6.09 Å². The van der Waals surface area contributed by atoms with Crippen LogP contribution in [0.1, 0.15) is 50.5 Å². The van der Waals surface area contributed by atoms with Crippen molar-refractivity contribution in [2.75, 3.05) is 6.67 Å². The number of hydrogen-bond acceptors (Lipinski definition) is 2. The molecule has 2 bridgehead atoms. The molecule has 1 aromatic carbocycles. The third-order valence-corrected chi connectivity index (χ3v) is 5.02. The Morgan fingerprint density at radius 1 is 1.17 bits per heavy atom. The first-order valence-corrected chi connectivity index (χ1v) is 9.02. The summed E-state index contributed by atoms with van der Waals surface area (Å²) in [6, 6.07) is 10.2. The lowest BCUT2D eigenvalue weighted by Crippen LogP contribution is -2.43. The van der Waals surface area contributed by atoms with Crippen LogP contribution in [0.15, 0.2) is 42.0 Å². The van der Waals surface area contributed by atoms with Crippen molar-refractivity contribution < 1.29 is 13.9 Å². The number of fused-ring (bicyclic) bond motifs is 2. The summed E-state index contributed by atoms with van der Waals surface area (Å²) in [4.78, 5) is 14.4. The lowest BCUT2D eigenvalue weighted by Gasteiger charge is -2.33. The largest absolute Gasteiger partial charge is 0.445 e. The molecule has 4 heteroatoms. The first-order valence-electron chi connectivity index (χ1n) is 9.02. The van der Waals surface area contributed by atoms with Crippen molar-refractivity contribution in [2.24, 2.45) is 0 Å². The molecule has 0 spiro atoms. The summed E-state index contributed by atoms with van der Waals surface area (Å²) >= 11 is 0. The molecule has 0 N–H and O–H groups in total. The van der Waals surface area contributed by atoms with Gasteiger partial charge in [0.25, 0.3) is 0 Å². The van der Waals surface area contributed by atoms with Gasteiger partial charge in [0.05, 0.1) is 12.7 Å². The van der Waals surface area contributed by atoms with Crippen molar-refractivity contribution in [3.63, 3.8) is 0 Å². The molecular formula is C20H26FNO2. The molecule has 1 aromatic rings. The van der Waals surface area contributed by atoms with Crippen LogP contribution >= 0.6 is 0 Å². The van der Waals surface area contributed by atoms with Crippen LogP contribution in [0, 0.1) is 0 Å². The maximum absolute atomic E-state index is 12.5. The van der Waals surface area contributed by atoms with Crippen molar-refractivity contribution in [1.82, 2.24) is 4.90 Å². The summed E-state index contributed by atoms with van der Waals surface area (Å²) in [5.74, 6) is 0. The van der Waals surface area contributed by atoms with Crippen LogP contribution < -0.4 is 0 Å². The molecule has 2 heterocycles. The Balaban J connectivity index is 1.52. The zero-order valence-corrected chi connectivity index (χ0v) is 14.1. The topological polar surface area (TPSA) is 29.5 Å². The molecule has 2 atom stereocenters. The van der Waals surface area contributed by atoms with Gasteiger partial charge in [-0.3, -0.25) is 9.29 Å². The third-order valence-electron chi connectivity index (χ3n) is 5.02. The molecule has 1 saturated heterocycles. The van der Waals surface area contributed by atoms with Crippen LogP contribution in [0.3, 0.4) is 0 Å². The van der Waals surface area contributed by atoms with E-state index in [0.717, 1.165) is 44.1 Å². The Labute approximate surface area is 143 Å². The molecule has 0 radical (unpaired) electrons. The molecule has 1 amide bonds. The highest BCUT2D eigenvalue weighted by Crippen LogP contribution is 2.36. The first-order chi connectivity index (χ1) is 11.8. The summed E-state index contributed by atoms with van der Waals surface area (Å²) < 4.78 is 17.7. The highest BCUT2D eigenvalue weighted by Gasteiger charge is 2.40. The predicted octanol–water partition coefficient (Wildman–Crippen LogP) is 5.02. The second kappa shape index (κ2) is 8.32. The van der Waals surface area contributed by atoms with Gasteiger partial charge in [-0.05, 0) is 44.1 Å². The predicted molar refractivity (Wildman–Crippen MR) is 92.4 cm³/mol. The standard InChI is InChI=1S/C20H26FNO2/c21-12-6-2-5-9-17-13-18-10-11-19(14-17)22(18)20(23)24-15-16-7-3-1-4-8-16/h1,3-4,7-8,13,18-19H,2,5-6,9-12,14-15H2. The van der Waals surface area contributed by atoms with Gasteiger partial charge < -0.3 is 4.74 Å². The van der Waals surface area contributed by atoms with E-state index in [1.165, 1.54) is 5.57 Å². The second-order valence-electron chi connectivity index (χ2n) is 6.77. The molecule has 3 rings (SSSR count). The van der Waals surface area contributed by atoms with Gasteiger partial charge >= 0.3 is 6.09 Å². The number of nitrogens with zero attached hydrogens (tertiary/aromatic N) is 1. The Morgan fingerprint density at radius 3 is 2.75 bits per heavy atom. The monoisotopic (exact) mass is 331 g/mol. The van der Waals surface area contributed by atoms with E-state index in [2.05, 4.69) is 6.08 Å². The second-order valence-corrected chi connectivity index (χ2v) is 6.77. The molecule has 2 unspecified atom stereocenters. The van der Waals surface area contributed by atoms with E-state index in [4.69, 9.17) is 4.74 Å². The average Bonchev–Trinajstić information content (AvgIpc) is 2.88. The van der Waals surface area contributed by atoms with E-state index in [1.807, 2.05) is 35.2 Å². The van der Waals surface area contributed by atoms with Gasteiger partial charge in [-0.25, -0.2) is 4.79 Å². The average molecular weight is 331 g/mol. The zero-order chi connectivity index (χ0) is 16.8. The number of alkyl halides is 1. The summed E-state index contributed by atoms with van der Waals surface area (Å²) in [6.45, 7) is 0.112. The number of ether oxygens (including phenoxy) is 1. The number of hydrogen-bond donors (Lipinski definition) is 0. The fourth-order valence-corrected chi connectivity index (χ4v) is 3.81. The minimum absolute atomic E-state index is 0.184. The van der Waals surface area contributed by atoms with Crippen LogP contribution in [0.2, 0.25) is 0 Å². The number of rotatable bonds is 7. The number of carbonyl (C=O) groups excluding carboxylic acids is 1. The number of benzene rings is 1. The van der Waals surface area contributed by atoms with Gasteiger partial charge in [0.2, 0.25) is 0 Å². The number of amides is 1. The quantitative estimate of drug-likeness (QED) is 0.519. The van der Waals surface area contributed by atoms with E-state index in [-0.39, 0.29) is 24.9 Å². The van der Waals surface area contributed by atoms with Crippen molar-refractivity contribution in [2.45, 2.75) is 63.6 Å². The fraction of sp³-hybridized carbons (Fsp3) is 0.550. The Kier molecular flexibility index (Phi) is 5.89. The number of halogens is 1. The van der Waals surface area contributed by atoms with Crippen LogP contribution in [0.25, 0.3) is 0 Å². The van der Waals surface area contributed by atoms with Gasteiger partial charge in [0.15, 0.2) is 0 Å². The highest BCUT2D eigenvalue weighted by molar-refractivity contribution is 5.70. The van der Waals surface area contributed by atoms with Crippen LogP contribution in [-0.2, 0) is 11.3 Å². The minimum atomic E-state index is -0.217. The van der Waals surface area contributed by atoms with Gasteiger partial charge in [-0.1, -0.05) is 48.4 Å². The summed E-state index contributed by atoms with van der Waals surface area (Å²) in [7, 11) is 0. The SMILES string of the molecule is O=C(OCc1ccccc1)N1C2C=C(CCCCCF)CC1CC2. The van der Waals surface area contributed by atoms with E-state index < -0.39 is 0 Å². The van der Waals surface area contributed by atoms with Gasteiger partial charge in [0.1, 0.15) is 6.61 Å². The molecule has 0 aliphatic carbocycles. The first kappa shape index (κ1) is 17.0. The molecule has 1 fully saturated rings. The van der Waals surface area contributed by atoms with Gasteiger partial charge in [-0.2, -0.15) is 0 Å². The summed E-state index contributed by atoms with van der Waals surface area (Å²) in [5, 5.41) is 0. The maximum atomic E-state index is 12.5. The lowest BCUT2D eigenvalue weighted by molar-refractivity contribution is 0.0814. The fourth-order valence-electron chi connectivity index (χ4n) is 3.81. The molecular weight excluding hydrogens is 305 g/mol. The van der Waals surface area contributed by atoms with Crippen LogP contribution in [0.4, 0.5) is 9.18 Å². The molecule has 3 nitrogen and oxygen atoms in total. The summed E-state index contributed by atoms with van der Waals surface area (Å²) in [5.41, 5.74) is 2.45. The van der Waals surface area contributed by atoms with Crippen LogP contribution in [-0.4, -0.2) is 29.8 Å². The molecule has 2 aliphatic heterocycles. The maximum Gasteiger partial charge on any atom is 0.410 e. The van der Waals surface area contributed by atoms with Crippen molar-refractivity contribution in [3.05, 3.63) is 47.5 Å². The minimum Gasteiger partial charge on any atom is -0.445 e. The van der Waals surface area contributed by atoms with Crippen molar-refractivity contribution in [3.8, 4) is 0 Å². The zero-order valence-electron chi connectivity index (χ0n) is 14.1. The molecule has 24 heavy (non-hydrogen) atoms. The van der Waals surface area contributed by atoms with E-state index >= 15 is 0 Å². The smallest absolute Gasteiger partial charge is 0.410 e.